The van der Waals surface area contributed by atoms with Crippen molar-refractivity contribution in [2.75, 3.05) is 26.7 Å². The standard InChI is InChI=1S/C14H17ClN4O/c1-3-8-18-14(16-2)19-10-9-17-13(20)11-4-6-12(15)7-5-11/h1,4-7H,8-10H2,2H3,(H,17,20)(H2,16,18,19). The Labute approximate surface area is 123 Å². The van der Waals surface area contributed by atoms with Gasteiger partial charge in [-0.2, -0.15) is 0 Å². The van der Waals surface area contributed by atoms with Crippen molar-refractivity contribution in [2.24, 2.45) is 4.99 Å². The number of carbonyl (C=O) groups is 1. The van der Waals surface area contributed by atoms with Crippen molar-refractivity contribution in [3.05, 3.63) is 34.9 Å². The lowest BCUT2D eigenvalue weighted by Gasteiger charge is -2.10. The van der Waals surface area contributed by atoms with Crippen LogP contribution in [0.25, 0.3) is 0 Å². The molecule has 1 aromatic rings. The van der Waals surface area contributed by atoms with Gasteiger partial charge in [-0.05, 0) is 24.3 Å². The summed E-state index contributed by atoms with van der Waals surface area (Å²) in [5, 5.41) is 9.34. The Morgan fingerprint density at radius 2 is 1.90 bits per heavy atom. The molecule has 1 aromatic carbocycles. The topological polar surface area (TPSA) is 65.5 Å². The van der Waals surface area contributed by atoms with Crippen LogP contribution in [-0.2, 0) is 0 Å². The van der Waals surface area contributed by atoms with Crippen LogP contribution in [0, 0.1) is 12.3 Å². The van der Waals surface area contributed by atoms with E-state index in [0.717, 1.165) is 0 Å². The molecule has 0 aromatic heterocycles. The molecule has 20 heavy (non-hydrogen) atoms. The van der Waals surface area contributed by atoms with E-state index in [4.69, 9.17) is 18.0 Å². The zero-order chi connectivity index (χ0) is 14.8. The molecule has 0 saturated carbocycles. The van der Waals surface area contributed by atoms with Crippen LogP contribution in [0.15, 0.2) is 29.3 Å². The van der Waals surface area contributed by atoms with Gasteiger partial charge in [-0.3, -0.25) is 9.79 Å². The van der Waals surface area contributed by atoms with Crippen LogP contribution in [0.3, 0.4) is 0 Å². The number of aliphatic imine (C=N–C) groups is 1. The Kier molecular flexibility index (Phi) is 7.01. The molecule has 0 aliphatic carbocycles. The molecular formula is C14H17ClN4O. The van der Waals surface area contributed by atoms with Gasteiger partial charge >= 0.3 is 0 Å². The maximum atomic E-state index is 11.8. The highest BCUT2D eigenvalue weighted by Crippen LogP contribution is 2.08. The van der Waals surface area contributed by atoms with Crippen molar-refractivity contribution in [1.82, 2.24) is 16.0 Å². The monoisotopic (exact) mass is 292 g/mol. The summed E-state index contributed by atoms with van der Waals surface area (Å²) >= 11 is 5.76. The van der Waals surface area contributed by atoms with Crippen LogP contribution >= 0.6 is 11.6 Å². The van der Waals surface area contributed by atoms with Crippen molar-refractivity contribution in [2.45, 2.75) is 0 Å². The van der Waals surface area contributed by atoms with Crippen LogP contribution < -0.4 is 16.0 Å². The lowest BCUT2D eigenvalue weighted by atomic mass is 10.2. The second kappa shape index (κ2) is 8.83. The SMILES string of the molecule is C#CCNC(=NC)NCCNC(=O)c1ccc(Cl)cc1. The van der Waals surface area contributed by atoms with E-state index in [9.17, 15) is 4.79 Å². The molecule has 0 atom stereocenters. The molecule has 1 rings (SSSR count). The van der Waals surface area contributed by atoms with Gasteiger partial charge in [-0.25, -0.2) is 0 Å². The summed E-state index contributed by atoms with van der Waals surface area (Å²) in [6.45, 7) is 1.42. The average molecular weight is 293 g/mol. The fraction of sp³-hybridized carbons (Fsp3) is 0.286. The fourth-order valence-corrected chi connectivity index (χ4v) is 1.54. The molecule has 5 nitrogen and oxygen atoms in total. The van der Waals surface area contributed by atoms with E-state index in [1.54, 1.807) is 31.3 Å². The number of carbonyl (C=O) groups excluding carboxylic acids is 1. The predicted molar refractivity (Wildman–Crippen MR) is 82.0 cm³/mol. The number of halogens is 1. The second-order valence-corrected chi connectivity index (χ2v) is 4.26. The highest BCUT2D eigenvalue weighted by molar-refractivity contribution is 6.30. The minimum atomic E-state index is -0.143. The second-order valence-electron chi connectivity index (χ2n) is 3.82. The number of terminal acetylenes is 1. The number of nitrogens with zero attached hydrogens (tertiary/aromatic N) is 1. The van der Waals surface area contributed by atoms with Gasteiger partial charge in [-0.1, -0.05) is 17.5 Å². The molecule has 3 N–H and O–H groups in total. The number of rotatable bonds is 5. The number of hydrogen-bond acceptors (Lipinski definition) is 2. The normalized spacial score (nSPS) is 10.6. The molecule has 0 bridgehead atoms. The molecule has 1 amide bonds. The van der Waals surface area contributed by atoms with Crippen molar-refractivity contribution < 1.29 is 4.79 Å². The Morgan fingerprint density at radius 1 is 1.25 bits per heavy atom. The highest BCUT2D eigenvalue weighted by atomic mass is 35.5. The van der Waals surface area contributed by atoms with Gasteiger partial charge in [0, 0.05) is 30.7 Å². The van der Waals surface area contributed by atoms with Crippen molar-refractivity contribution in [3.63, 3.8) is 0 Å². The first-order valence-electron chi connectivity index (χ1n) is 6.09. The van der Waals surface area contributed by atoms with Gasteiger partial charge < -0.3 is 16.0 Å². The Balaban J connectivity index is 2.29. The molecule has 6 heteroatoms. The smallest absolute Gasteiger partial charge is 0.251 e. The summed E-state index contributed by atoms with van der Waals surface area (Å²) < 4.78 is 0. The van der Waals surface area contributed by atoms with Crippen LogP contribution in [0.2, 0.25) is 5.02 Å². The van der Waals surface area contributed by atoms with Crippen molar-refractivity contribution >= 4 is 23.5 Å². The van der Waals surface area contributed by atoms with Crippen molar-refractivity contribution in [1.29, 1.82) is 0 Å². The van der Waals surface area contributed by atoms with E-state index < -0.39 is 0 Å². The molecule has 0 saturated heterocycles. The summed E-state index contributed by atoms with van der Waals surface area (Å²) in [4.78, 5) is 15.8. The number of hydrogen-bond donors (Lipinski definition) is 3. The number of nitrogens with one attached hydrogen (secondary N) is 3. The van der Waals surface area contributed by atoms with Gasteiger partial charge in [0.2, 0.25) is 0 Å². The summed E-state index contributed by atoms with van der Waals surface area (Å²) in [7, 11) is 1.65. The lowest BCUT2D eigenvalue weighted by molar-refractivity contribution is 0.0954. The van der Waals surface area contributed by atoms with Gasteiger partial charge in [-0.15, -0.1) is 6.42 Å². The largest absolute Gasteiger partial charge is 0.355 e. The molecule has 0 aliphatic heterocycles. The van der Waals surface area contributed by atoms with Gasteiger partial charge in [0.05, 0.1) is 6.54 Å². The average Bonchev–Trinajstić information content (AvgIpc) is 2.47. The van der Waals surface area contributed by atoms with Crippen LogP contribution in [0.1, 0.15) is 10.4 Å². The summed E-state index contributed by atoms with van der Waals surface area (Å²) in [5.74, 6) is 2.91. The quantitative estimate of drug-likeness (QED) is 0.326. The maximum Gasteiger partial charge on any atom is 0.251 e. The fourth-order valence-electron chi connectivity index (χ4n) is 1.42. The Hall–Kier alpha value is -2.19. The van der Waals surface area contributed by atoms with Crippen LogP contribution in [0.5, 0.6) is 0 Å². The minimum absolute atomic E-state index is 0.143. The third-order valence-corrected chi connectivity index (χ3v) is 2.64. The molecule has 106 valence electrons. The third kappa shape index (κ3) is 5.63. The summed E-state index contributed by atoms with van der Waals surface area (Å²) in [6.07, 6.45) is 5.14. The van der Waals surface area contributed by atoms with E-state index in [-0.39, 0.29) is 5.91 Å². The summed E-state index contributed by atoms with van der Waals surface area (Å²) in [5.41, 5.74) is 0.573. The Morgan fingerprint density at radius 3 is 2.50 bits per heavy atom. The van der Waals surface area contributed by atoms with E-state index in [1.165, 1.54) is 0 Å². The molecule has 0 unspecified atom stereocenters. The first-order valence-corrected chi connectivity index (χ1v) is 6.47. The van der Waals surface area contributed by atoms with Crippen molar-refractivity contribution in [3.8, 4) is 12.3 Å². The maximum absolute atomic E-state index is 11.8. The van der Waals surface area contributed by atoms with Crippen LogP contribution in [-0.4, -0.2) is 38.5 Å². The van der Waals surface area contributed by atoms with Gasteiger partial charge in [0.15, 0.2) is 5.96 Å². The number of benzene rings is 1. The third-order valence-electron chi connectivity index (χ3n) is 2.39. The zero-order valence-corrected chi connectivity index (χ0v) is 12.0. The summed E-state index contributed by atoms with van der Waals surface area (Å²) in [6, 6.07) is 6.72. The lowest BCUT2D eigenvalue weighted by Crippen LogP contribution is -2.41. The van der Waals surface area contributed by atoms with E-state index >= 15 is 0 Å². The molecule has 0 radical (unpaired) electrons. The van der Waals surface area contributed by atoms with E-state index in [1.807, 2.05) is 0 Å². The number of guanidine groups is 1. The predicted octanol–water partition coefficient (Wildman–Crippen LogP) is 0.868. The van der Waals surface area contributed by atoms with Gasteiger partial charge in [0.1, 0.15) is 0 Å². The van der Waals surface area contributed by atoms with E-state index in [0.29, 0.717) is 36.2 Å². The van der Waals surface area contributed by atoms with E-state index in [2.05, 4.69) is 26.9 Å². The first kappa shape index (κ1) is 15.9. The molecule has 0 spiro atoms. The Bertz CT molecular complexity index is 505. The van der Waals surface area contributed by atoms with Crippen LogP contribution in [0.4, 0.5) is 0 Å². The molecule has 0 aliphatic rings. The highest BCUT2D eigenvalue weighted by Gasteiger charge is 2.04. The van der Waals surface area contributed by atoms with Gasteiger partial charge in [0.25, 0.3) is 5.91 Å². The zero-order valence-electron chi connectivity index (χ0n) is 11.2. The molecular weight excluding hydrogens is 276 g/mol. The molecule has 0 fully saturated rings. The molecule has 0 heterocycles. The number of amides is 1. The minimum Gasteiger partial charge on any atom is -0.355 e. The first-order chi connectivity index (χ1) is 9.67.